The van der Waals surface area contributed by atoms with E-state index in [-0.39, 0.29) is 17.0 Å². The third kappa shape index (κ3) is 6.44. The molecule has 1 unspecified atom stereocenters. The Bertz CT molecular complexity index is 753. The number of hydrogen-bond acceptors (Lipinski definition) is 4. The number of carbonyl (C=O) groups excluding carboxylic acids is 1. The molecule has 1 amide bonds. The molecular formula is C30H56N4O. The van der Waals surface area contributed by atoms with Crippen molar-refractivity contribution in [1.29, 1.82) is 0 Å². The van der Waals surface area contributed by atoms with E-state index < -0.39 is 0 Å². The number of nitrogens with zero attached hydrogens (tertiary/aromatic N) is 4. The SMILES string of the molecule is C=C(C)N1CCCC2(CCN(C(C)(C)C)C2)C1.CC(C)C(=O)N1CCC12CCN(C(C)(C)C)CC2. The molecule has 4 saturated heterocycles. The van der Waals surface area contributed by atoms with E-state index in [0.29, 0.717) is 16.9 Å². The van der Waals surface area contributed by atoms with Gasteiger partial charge in [0.1, 0.15) is 0 Å². The minimum Gasteiger partial charge on any atom is -0.375 e. The molecule has 0 aromatic carbocycles. The summed E-state index contributed by atoms with van der Waals surface area (Å²) in [5, 5.41) is 0. The van der Waals surface area contributed by atoms with Crippen LogP contribution < -0.4 is 0 Å². The molecule has 4 heterocycles. The summed E-state index contributed by atoms with van der Waals surface area (Å²) in [5.41, 5.74) is 2.60. The second kappa shape index (κ2) is 10.4. The summed E-state index contributed by atoms with van der Waals surface area (Å²) in [6, 6.07) is 0. The van der Waals surface area contributed by atoms with E-state index in [1.807, 2.05) is 13.8 Å². The molecule has 0 aromatic rings. The molecule has 5 nitrogen and oxygen atoms in total. The van der Waals surface area contributed by atoms with E-state index in [1.165, 1.54) is 57.6 Å². The molecule has 4 rings (SSSR count). The van der Waals surface area contributed by atoms with Crippen LogP contribution in [0.3, 0.4) is 0 Å². The summed E-state index contributed by atoms with van der Waals surface area (Å²) in [5.74, 6) is 0.494. The van der Waals surface area contributed by atoms with Crippen LogP contribution in [0.25, 0.3) is 0 Å². The van der Waals surface area contributed by atoms with Gasteiger partial charge in [-0.3, -0.25) is 14.6 Å². The fourth-order valence-electron chi connectivity index (χ4n) is 6.68. The summed E-state index contributed by atoms with van der Waals surface area (Å²) in [6.45, 7) is 32.4. The van der Waals surface area contributed by atoms with Crippen LogP contribution in [0.1, 0.15) is 101 Å². The number of carbonyl (C=O) groups is 1. The molecule has 0 aromatic heterocycles. The number of likely N-dealkylation sites (tertiary alicyclic amines) is 4. The van der Waals surface area contributed by atoms with Gasteiger partial charge in [0, 0.05) is 72.9 Å². The van der Waals surface area contributed by atoms with Gasteiger partial charge in [-0.05, 0) is 93.5 Å². The molecule has 35 heavy (non-hydrogen) atoms. The largest absolute Gasteiger partial charge is 0.375 e. The zero-order chi connectivity index (χ0) is 26.2. The van der Waals surface area contributed by atoms with Gasteiger partial charge in [-0.15, -0.1) is 0 Å². The lowest BCUT2D eigenvalue weighted by Crippen LogP contribution is -2.67. The highest BCUT2D eigenvalue weighted by molar-refractivity contribution is 5.80. The fourth-order valence-corrected chi connectivity index (χ4v) is 6.68. The number of allylic oxidation sites excluding steroid dienone is 1. The molecule has 4 fully saturated rings. The van der Waals surface area contributed by atoms with Crippen LogP contribution in [0.2, 0.25) is 0 Å². The lowest BCUT2D eigenvalue weighted by molar-refractivity contribution is -0.156. The second-order valence-corrected chi connectivity index (χ2v) is 14.4. The van der Waals surface area contributed by atoms with Crippen molar-refractivity contribution >= 4 is 5.91 Å². The second-order valence-electron chi connectivity index (χ2n) is 14.4. The Balaban J connectivity index is 0.000000196. The number of amides is 1. The first-order valence-corrected chi connectivity index (χ1v) is 14.3. The Labute approximate surface area is 217 Å². The highest BCUT2D eigenvalue weighted by Gasteiger charge is 2.50. The first kappa shape index (κ1) is 28.5. The van der Waals surface area contributed by atoms with Gasteiger partial charge in [-0.1, -0.05) is 20.4 Å². The highest BCUT2D eigenvalue weighted by atomic mass is 16.2. The van der Waals surface area contributed by atoms with Crippen LogP contribution in [0.15, 0.2) is 12.3 Å². The van der Waals surface area contributed by atoms with Crippen molar-refractivity contribution in [1.82, 2.24) is 19.6 Å². The van der Waals surface area contributed by atoms with Gasteiger partial charge in [0.2, 0.25) is 5.91 Å². The van der Waals surface area contributed by atoms with E-state index in [9.17, 15) is 4.79 Å². The summed E-state index contributed by atoms with van der Waals surface area (Å²) >= 11 is 0. The minimum atomic E-state index is 0.142. The van der Waals surface area contributed by atoms with E-state index in [4.69, 9.17) is 0 Å². The quantitative estimate of drug-likeness (QED) is 0.505. The van der Waals surface area contributed by atoms with Crippen LogP contribution in [-0.2, 0) is 4.79 Å². The van der Waals surface area contributed by atoms with Gasteiger partial charge in [0.15, 0.2) is 0 Å². The maximum atomic E-state index is 12.2. The smallest absolute Gasteiger partial charge is 0.225 e. The fraction of sp³-hybridized carbons (Fsp3) is 0.900. The number of piperidine rings is 2. The van der Waals surface area contributed by atoms with Gasteiger partial charge in [0.25, 0.3) is 0 Å². The Morgan fingerprint density at radius 2 is 1.31 bits per heavy atom. The number of hydrogen-bond donors (Lipinski definition) is 0. The first-order chi connectivity index (χ1) is 16.1. The lowest BCUT2D eigenvalue weighted by atomic mass is 9.75. The van der Waals surface area contributed by atoms with Crippen molar-refractivity contribution in [2.24, 2.45) is 11.3 Å². The average molecular weight is 489 g/mol. The third-order valence-electron chi connectivity index (χ3n) is 9.36. The summed E-state index contributed by atoms with van der Waals surface area (Å²) in [7, 11) is 0. The molecule has 4 aliphatic heterocycles. The van der Waals surface area contributed by atoms with Crippen LogP contribution in [-0.4, -0.2) is 87.9 Å². The van der Waals surface area contributed by atoms with Gasteiger partial charge < -0.3 is 9.80 Å². The van der Waals surface area contributed by atoms with E-state index in [2.05, 4.69) is 74.6 Å². The van der Waals surface area contributed by atoms with Gasteiger partial charge in [0.05, 0.1) is 0 Å². The first-order valence-electron chi connectivity index (χ1n) is 14.3. The maximum absolute atomic E-state index is 12.2. The monoisotopic (exact) mass is 488 g/mol. The molecule has 0 bridgehead atoms. The van der Waals surface area contributed by atoms with Gasteiger partial charge >= 0.3 is 0 Å². The Morgan fingerprint density at radius 3 is 1.74 bits per heavy atom. The molecule has 0 saturated carbocycles. The zero-order valence-corrected chi connectivity index (χ0v) is 24.7. The van der Waals surface area contributed by atoms with Gasteiger partial charge in [-0.25, -0.2) is 0 Å². The summed E-state index contributed by atoms with van der Waals surface area (Å²) in [4.78, 5) is 22.1. The van der Waals surface area contributed by atoms with E-state index >= 15 is 0 Å². The third-order valence-corrected chi connectivity index (χ3v) is 9.36. The predicted molar refractivity (Wildman–Crippen MR) is 148 cm³/mol. The molecule has 0 aliphatic carbocycles. The normalized spacial score (nSPS) is 27.7. The Morgan fingerprint density at radius 1 is 0.771 bits per heavy atom. The molecule has 0 N–H and O–H groups in total. The van der Waals surface area contributed by atoms with Gasteiger partial charge in [-0.2, -0.15) is 0 Å². The van der Waals surface area contributed by atoms with Crippen LogP contribution >= 0.6 is 0 Å². The van der Waals surface area contributed by atoms with Crippen molar-refractivity contribution < 1.29 is 4.79 Å². The lowest BCUT2D eigenvalue weighted by Gasteiger charge is -2.58. The van der Waals surface area contributed by atoms with Crippen molar-refractivity contribution in [3.05, 3.63) is 12.3 Å². The highest BCUT2D eigenvalue weighted by Crippen LogP contribution is 2.43. The van der Waals surface area contributed by atoms with Crippen LogP contribution in [0, 0.1) is 11.3 Å². The molecule has 5 heteroatoms. The standard InChI is InChI=1S/C15H28N2O.C15H28N2/c1-12(2)13(18)17-11-8-15(17)6-9-16(10-7-15)14(3,4)5;1-13(2)16-9-6-7-15(11-16)8-10-17(12-15)14(3,4)5/h12H,6-11H2,1-5H3;1,6-12H2,2-5H3. The zero-order valence-electron chi connectivity index (χ0n) is 24.7. The van der Waals surface area contributed by atoms with Crippen molar-refractivity contribution in [2.45, 2.75) is 117 Å². The van der Waals surface area contributed by atoms with Crippen molar-refractivity contribution in [3.63, 3.8) is 0 Å². The van der Waals surface area contributed by atoms with E-state index in [1.54, 1.807) is 0 Å². The predicted octanol–water partition coefficient (Wildman–Crippen LogP) is 5.61. The van der Waals surface area contributed by atoms with Crippen LogP contribution in [0.4, 0.5) is 0 Å². The van der Waals surface area contributed by atoms with Crippen molar-refractivity contribution in [3.8, 4) is 0 Å². The molecule has 0 radical (unpaired) electrons. The summed E-state index contributed by atoms with van der Waals surface area (Å²) in [6.07, 6.45) is 7.64. The molecular weight excluding hydrogens is 432 g/mol. The maximum Gasteiger partial charge on any atom is 0.225 e. The number of rotatable bonds is 2. The Kier molecular flexibility index (Phi) is 8.44. The molecule has 4 aliphatic rings. The van der Waals surface area contributed by atoms with Crippen LogP contribution in [0.5, 0.6) is 0 Å². The topological polar surface area (TPSA) is 30.0 Å². The average Bonchev–Trinajstić information content (AvgIpc) is 3.16. The molecule has 2 spiro atoms. The van der Waals surface area contributed by atoms with Crippen molar-refractivity contribution in [2.75, 3.05) is 45.8 Å². The molecule has 1 atom stereocenters. The minimum absolute atomic E-state index is 0.142. The molecule has 202 valence electrons. The summed E-state index contributed by atoms with van der Waals surface area (Å²) < 4.78 is 0. The Hall–Kier alpha value is -1.07. The van der Waals surface area contributed by atoms with E-state index in [0.717, 1.165) is 32.5 Å².